The molecule has 25 heavy (non-hydrogen) atoms. The van der Waals surface area contributed by atoms with Crippen LogP contribution >= 0.6 is 35.0 Å². The summed E-state index contributed by atoms with van der Waals surface area (Å²) < 4.78 is 0. The first-order valence-electron chi connectivity index (χ1n) is 7.87. The zero-order valence-electron chi connectivity index (χ0n) is 13.2. The lowest BCUT2D eigenvalue weighted by atomic mass is 10.1. The van der Waals surface area contributed by atoms with Gasteiger partial charge in [0.25, 0.3) is 0 Å². The van der Waals surface area contributed by atoms with Crippen LogP contribution in [0.25, 0.3) is 22.6 Å². The molecular formula is C17H15Cl2N5S. The van der Waals surface area contributed by atoms with Gasteiger partial charge in [-0.3, -0.25) is 0 Å². The normalized spacial score (nSPS) is 14.7. The van der Waals surface area contributed by atoms with Gasteiger partial charge in [-0.1, -0.05) is 23.2 Å². The first-order chi connectivity index (χ1) is 12.2. The number of imidazole rings is 1. The Labute approximate surface area is 159 Å². The Morgan fingerprint density at radius 1 is 1.08 bits per heavy atom. The molecule has 0 atom stereocenters. The minimum atomic E-state index is 0.555. The number of thioether (sulfide) groups is 1. The maximum atomic E-state index is 6.44. The van der Waals surface area contributed by atoms with Crippen molar-refractivity contribution in [2.75, 3.05) is 29.5 Å². The summed E-state index contributed by atoms with van der Waals surface area (Å²) in [6, 6.07) is 5.42. The van der Waals surface area contributed by atoms with Crippen LogP contribution in [0.4, 0.5) is 5.95 Å². The van der Waals surface area contributed by atoms with E-state index >= 15 is 0 Å². The number of hydrogen-bond acceptors (Lipinski definition) is 5. The molecule has 1 aromatic carbocycles. The van der Waals surface area contributed by atoms with Crippen molar-refractivity contribution in [3.05, 3.63) is 46.8 Å². The van der Waals surface area contributed by atoms with Crippen LogP contribution in [0.2, 0.25) is 10.0 Å². The summed E-state index contributed by atoms with van der Waals surface area (Å²) in [7, 11) is 0. The van der Waals surface area contributed by atoms with Crippen molar-refractivity contribution in [2.24, 2.45) is 0 Å². The summed E-state index contributed by atoms with van der Waals surface area (Å²) in [5.41, 5.74) is 2.37. The van der Waals surface area contributed by atoms with Crippen LogP contribution in [0.15, 0.2) is 36.8 Å². The largest absolute Gasteiger partial charge is 0.345 e. The SMILES string of the molecule is Clc1ccc(-c2nc(N3CCSCC3)ncc2-c2ncc[nH]2)c(Cl)c1. The fourth-order valence-corrected chi connectivity index (χ4v) is 4.16. The third-order valence-electron chi connectivity index (χ3n) is 4.01. The predicted octanol–water partition coefficient (Wildman–Crippen LogP) is 4.39. The van der Waals surface area contributed by atoms with Gasteiger partial charge in [-0.25, -0.2) is 15.0 Å². The van der Waals surface area contributed by atoms with Gasteiger partial charge in [-0.2, -0.15) is 11.8 Å². The molecule has 1 aliphatic heterocycles. The van der Waals surface area contributed by atoms with E-state index in [-0.39, 0.29) is 0 Å². The van der Waals surface area contributed by atoms with Crippen LogP contribution in [0.5, 0.6) is 0 Å². The first kappa shape index (κ1) is 16.7. The van der Waals surface area contributed by atoms with Crippen molar-refractivity contribution in [3.63, 3.8) is 0 Å². The van der Waals surface area contributed by atoms with E-state index in [1.165, 1.54) is 0 Å². The Bertz CT molecular complexity index is 879. The highest BCUT2D eigenvalue weighted by Gasteiger charge is 2.19. The second-order valence-corrected chi connectivity index (χ2v) is 7.66. The van der Waals surface area contributed by atoms with Crippen LogP contribution in [0.3, 0.4) is 0 Å². The number of halogens is 2. The van der Waals surface area contributed by atoms with Gasteiger partial charge in [-0.15, -0.1) is 0 Å². The molecule has 3 aromatic rings. The Balaban J connectivity index is 1.85. The lowest BCUT2D eigenvalue weighted by Crippen LogP contribution is -2.33. The highest BCUT2D eigenvalue weighted by molar-refractivity contribution is 7.99. The monoisotopic (exact) mass is 391 g/mol. The van der Waals surface area contributed by atoms with Gasteiger partial charge in [0.2, 0.25) is 5.95 Å². The van der Waals surface area contributed by atoms with E-state index in [0.29, 0.717) is 15.9 Å². The van der Waals surface area contributed by atoms with Crippen LogP contribution in [0.1, 0.15) is 0 Å². The van der Waals surface area contributed by atoms with E-state index in [1.54, 1.807) is 18.5 Å². The van der Waals surface area contributed by atoms with Gasteiger partial charge in [-0.05, 0) is 18.2 Å². The van der Waals surface area contributed by atoms with Gasteiger partial charge in [0.15, 0.2) is 0 Å². The van der Waals surface area contributed by atoms with Crippen LogP contribution < -0.4 is 4.90 Å². The predicted molar refractivity (Wildman–Crippen MR) is 105 cm³/mol. The maximum absolute atomic E-state index is 6.44. The van der Waals surface area contributed by atoms with Crippen LogP contribution in [-0.4, -0.2) is 44.5 Å². The molecule has 8 heteroatoms. The number of aromatic nitrogens is 4. The smallest absolute Gasteiger partial charge is 0.225 e. The third kappa shape index (κ3) is 3.47. The van der Waals surface area contributed by atoms with Crippen molar-refractivity contribution in [3.8, 4) is 22.6 Å². The molecule has 5 nitrogen and oxygen atoms in total. The molecule has 4 rings (SSSR count). The van der Waals surface area contributed by atoms with Crippen LogP contribution in [-0.2, 0) is 0 Å². The number of hydrogen-bond donors (Lipinski definition) is 1. The average Bonchev–Trinajstić information content (AvgIpc) is 3.17. The quantitative estimate of drug-likeness (QED) is 0.716. The highest BCUT2D eigenvalue weighted by Crippen LogP contribution is 2.35. The molecule has 1 aliphatic rings. The number of rotatable bonds is 3. The van der Waals surface area contributed by atoms with Gasteiger partial charge in [0.05, 0.1) is 16.3 Å². The van der Waals surface area contributed by atoms with E-state index < -0.39 is 0 Å². The summed E-state index contributed by atoms with van der Waals surface area (Å²) in [6.45, 7) is 1.89. The molecule has 0 amide bonds. The number of nitrogens with zero attached hydrogens (tertiary/aromatic N) is 4. The van der Waals surface area contributed by atoms with Gasteiger partial charge < -0.3 is 9.88 Å². The van der Waals surface area contributed by atoms with Gasteiger partial charge in [0.1, 0.15) is 5.82 Å². The molecule has 0 saturated carbocycles. The first-order valence-corrected chi connectivity index (χ1v) is 9.78. The number of benzene rings is 1. The third-order valence-corrected chi connectivity index (χ3v) is 5.50. The lowest BCUT2D eigenvalue weighted by molar-refractivity contribution is 0.816. The minimum Gasteiger partial charge on any atom is -0.345 e. The maximum Gasteiger partial charge on any atom is 0.225 e. The Morgan fingerprint density at radius 2 is 1.92 bits per heavy atom. The molecule has 3 heterocycles. The van der Waals surface area contributed by atoms with E-state index in [2.05, 4.69) is 19.9 Å². The molecule has 0 radical (unpaired) electrons. The summed E-state index contributed by atoms with van der Waals surface area (Å²) >= 11 is 14.4. The molecule has 1 fully saturated rings. The Hall–Kier alpha value is -1.76. The minimum absolute atomic E-state index is 0.555. The van der Waals surface area contributed by atoms with Crippen molar-refractivity contribution in [2.45, 2.75) is 0 Å². The zero-order valence-corrected chi connectivity index (χ0v) is 15.6. The Morgan fingerprint density at radius 3 is 2.64 bits per heavy atom. The summed E-state index contributed by atoms with van der Waals surface area (Å²) in [5, 5.41) is 1.15. The summed E-state index contributed by atoms with van der Waals surface area (Å²) in [6.07, 6.45) is 5.29. The summed E-state index contributed by atoms with van der Waals surface area (Å²) in [5.74, 6) is 3.60. The standard InChI is InChI=1S/C17H15Cl2N5S/c18-11-1-2-12(14(19)9-11)15-13(16-20-3-4-21-16)10-22-17(23-15)24-5-7-25-8-6-24/h1-4,9-10H,5-8H2,(H,20,21). The fraction of sp³-hybridized carbons (Fsp3) is 0.235. The lowest BCUT2D eigenvalue weighted by Gasteiger charge is -2.26. The molecule has 1 saturated heterocycles. The number of H-pyrrole nitrogens is 1. The molecular weight excluding hydrogens is 377 g/mol. The van der Waals surface area contributed by atoms with E-state index in [0.717, 1.165) is 47.4 Å². The second kappa shape index (κ2) is 7.23. The van der Waals surface area contributed by atoms with E-state index in [4.69, 9.17) is 28.2 Å². The molecule has 0 spiro atoms. The number of anilines is 1. The molecule has 128 valence electrons. The molecule has 2 aromatic heterocycles. The molecule has 0 aliphatic carbocycles. The highest BCUT2D eigenvalue weighted by atomic mass is 35.5. The molecule has 1 N–H and O–H groups in total. The van der Waals surface area contributed by atoms with Crippen LogP contribution in [0, 0.1) is 0 Å². The van der Waals surface area contributed by atoms with Crippen molar-refractivity contribution >= 4 is 40.9 Å². The van der Waals surface area contributed by atoms with Gasteiger partial charge in [0, 0.05) is 53.8 Å². The Kier molecular flexibility index (Phi) is 4.83. The van der Waals surface area contributed by atoms with Crippen molar-refractivity contribution in [1.29, 1.82) is 0 Å². The molecule has 0 bridgehead atoms. The van der Waals surface area contributed by atoms with Crippen molar-refractivity contribution in [1.82, 2.24) is 19.9 Å². The van der Waals surface area contributed by atoms with E-state index in [9.17, 15) is 0 Å². The molecule has 0 unspecified atom stereocenters. The number of aromatic amines is 1. The van der Waals surface area contributed by atoms with Gasteiger partial charge >= 0.3 is 0 Å². The van der Waals surface area contributed by atoms with E-state index in [1.807, 2.05) is 30.1 Å². The summed E-state index contributed by atoms with van der Waals surface area (Å²) in [4.78, 5) is 19.1. The van der Waals surface area contributed by atoms with Crippen molar-refractivity contribution < 1.29 is 0 Å². The zero-order chi connectivity index (χ0) is 17.2. The average molecular weight is 392 g/mol. The fourth-order valence-electron chi connectivity index (χ4n) is 2.76. The number of nitrogens with one attached hydrogen (secondary N) is 1. The second-order valence-electron chi connectivity index (χ2n) is 5.59. The topological polar surface area (TPSA) is 57.7 Å².